The predicted molar refractivity (Wildman–Crippen MR) is 148 cm³/mol. The van der Waals surface area contributed by atoms with Crippen molar-refractivity contribution in [2.75, 3.05) is 5.32 Å². The van der Waals surface area contributed by atoms with Gasteiger partial charge in [-0.15, -0.1) is 0 Å². The van der Waals surface area contributed by atoms with Gasteiger partial charge in [0.25, 0.3) is 0 Å². The summed E-state index contributed by atoms with van der Waals surface area (Å²) in [5.41, 5.74) is 4.87. The van der Waals surface area contributed by atoms with Crippen molar-refractivity contribution in [3.05, 3.63) is 81.7 Å². The van der Waals surface area contributed by atoms with Gasteiger partial charge in [-0.25, -0.2) is 0 Å². The standard InChI is InChI=1S/C31H35ClN2O4/c1-19-7-13-26(25(32)15-19)33-27(35)18-23(12-14-28(36)37)30-29(22-10-11-22)31(38-34-30)24-16-21(17-24)9-8-20-5-3-2-4-6-20/h2-7,13,15,21-24H,8-12,14,16-18H2,1H3,(H,33,35)(H,36,37)/t21-,23-,24+/m0/s1. The molecule has 2 aromatic carbocycles. The Balaban J connectivity index is 1.28. The number of amides is 1. The molecule has 200 valence electrons. The molecular weight excluding hydrogens is 500 g/mol. The zero-order valence-corrected chi connectivity index (χ0v) is 22.5. The SMILES string of the molecule is Cc1ccc(NC(=O)C[C@H](CCC(=O)O)c2noc([C@H]3C[C@@H](CCc4ccccc4)C3)c2C2CC2)c(Cl)c1. The number of hydrogen-bond acceptors (Lipinski definition) is 4. The molecule has 0 saturated heterocycles. The van der Waals surface area contributed by atoms with Crippen LogP contribution in [0.2, 0.25) is 5.02 Å². The third-order valence-corrected chi connectivity index (χ3v) is 8.30. The largest absolute Gasteiger partial charge is 0.481 e. The molecule has 38 heavy (non-hydrogen) atoms. The van der Waals surface area contributed by atoms with Crippen molar-refractivity contribution in [2.24, 2.45) is 5.92 Å². The smallest absolute Gasteiger partial charge is 0.303 e. The molecule has 0 spiro atoms. The molecule has 3 aromatic rings. The van der Waals surface area contributed by atoms with E-state index in [1.807, 2.05) is 13.0 Å². The van der Waals surface area contributed by atoms with Gasteiger partial charge in [-0.2, -0.15) is 0 Å². The van der Waals surface area contributed by atoms with Crippen LogP contribution in [-0.4, -0.2) is 22.1 Å². The maximum absolute atomic E-state index is 13.0. The maximum Gasteiger partial charge on any atom is 0.303 e. The third-order valence-electron chi connectivity index (χ3n) is 7.98. The quantitative estimate of drug-likeness (QED) is 0.249. The van der Waals surface area contributed by atoms with Crippen LogP contribution in [0.1, 0.15) is 97.3 Å². The lowest BCUT2D eigenvalue weighted by Gasteiger charge is -2.34. The van der Waals surface area contributed by atoms with Gasteiger partial charge in [0.15, 0.2) is 0 Å². The normalized spacial score (nSPS) is 19.5. The predicted octanol–water partition coefficient (Wildman–Crippen LogP) is 7.62. The van der Waals surface area contributed by atoms with Crippen LogP contribution in [-0.2, 0) is 16.0 Å². The monoisotopic (exact) mass is 534 g/mol. The molecule has 6 nitrogen and oxygen atoms in total. The van der Waals surface area contributed by atoms with E-state index in [0.29, 0.717) is 34.9 Å². The Morgan fingerprint density at radius 3 is 2.58 bits per heavy atom. The second-order valence-electron chi connectivity index (χ2n) is 11.0. The number of benzene rings is 2. The van der Waals surface area contributed by atoms with Crippen LogP contribution in [0.3, 0.4) is 0 Å². The van der Waals surface area contributed by atoms with E-state index >= 15 is 0 Å². The van der Waals surface area contributed by atoms with Gasteiger partial charge in [0.1, 0.15) is 5.76 Å². The highest BCUT2D eigenvalue weighted by molar-refractivity contribution is 6.33. The molecule has 1 heterocycles. The summed E-state index contributed by atoms with van der Waals surface area (Å²) >= 11 is 6.31. The van der Waals surface area contributed by atoms with E-state index in [-0.39, 0.29) is 24.7 Å². The average Bonchev–Trinajstić information content (AvgIpc) is 3.62. The number of halogens is 1. The van der Waals surface area contributed by atoms with Gasteiger partial charge in [0, 0.05) is 30.2 Å². The minimum absolute atomic E-state index is 0.0273. The van der Waals surface area contributed by atoms with E-state index in [0.717, 1.165) is 54.7 Å². The molecule has 5 rings (SSSR count). The lowest BCUT2D eigenvalue weighted by molar-refractivity contribution is -0.137. The highest BCUT2D eigenvalue weighted by Gasteiger charge is 2.41. The summed E-state index contributed by atoms with van der Waals surface area (Å²) in [6, 6.07) is 16.1. The summed E-state index contributed by atoms with van der Waals surface area (Å²) in [6.45, 7) is 1.94. The van der Waals surface area contributed by atoms with Crippen molar-refractivity contribution >= 4 is 29.2 Å². The fraction of sp³-hybridized carbons (Fsp3) is 0.452. The van der Waals surface area contributed by atoms with Crippen molar-refractivity contribution in [2.45, 2.75) is 82.5 Å². The van der Waals surface area contributed by atoms with Crippen molar-refractivity contribution in [3.63, 3.8) is 0 Å². The first kappa shape index (κ1) is 26.5. The first-order valence-electron chi connectivity index (χ1n) is 13.7. The number of carbonyl (C=O) groups is 2. The minimum Gasteiger partial charge on any atom is -0.481 e. The number of aromatic nitrogens is 1. The highest BCUT2D eigenvalue weighted by atomic mass is 35.5. The number of carbonyl (C=O) groups excluding carboxylic acids is 1. The molecule has 1 atom stereocenters. The molecule has 2 aliphatic carbocycles. The first-order chi connectivity index (χ1) is 18.4. The number of hydrogen-bond donors (Lipinski definition) is 2. The molecule has 1 amide bonds. The van der Waals surface area contributed by atoms with Crippen LogP contribution in [0.25, 0.3) is 0 Å². The van der Waals surface area contributed by atoms with Crippen LogP contribution < -0.4 is 5.32 Å². The van der Waals surface area contributed by atoms with Gasteiger partial charge in [0.05, 0.1) is 16.4 Å². The zero-order chi connectivity index (χ0) is 26.6. The Hall–Kier alpha value is -3.12. The summed E-state index contributed by atoms with van der Waals surface area (Å²) in [7, 11) is 0. The van der Waals surface area contributed by atoms with Gasteiger partial charge in [-0.3, -0.25) is 9.59 Å². The van der Waals surface area contributed by atoms with E-state index in [2.05, 4.69) is 40.8 Å². The van der Waals surface area contributed by atoms with Gasteiger partial charge >= 0.3 is 5.97 Å². The molecule has 2 fully saturated rings. The van der Waals surface area contributed by atoms with Gasteiger partial charge in [-0.1, -0.05) is 53.2 Å². The number of anilines is 1. The lowest BCUT2D eigenvalue weighted by Crippen LogP contribution is -2.23. The fourth-order valence-electron chi connectivity index (χ4n) is 5.67. The fourth-order valence-corrected chi connectivity index (χ4v) is 5.96. The van der Waals surface area contributed by atoms with Crippen LogP contribution in [0.15, 0.2) is 53.1 Å². The summed E-state index contributed by atoms with van der Waals surface area (Å²) in [6.07, 6.45) is 7.05. The zero-order valence-electron chi connectivity index (χ0n) is 21.8. The molecule has 2 N–H and O–H groups in total. The molecule has 0 aliphatic heterocycles. The summed E-state index contributed by atoms with van der Waals surface area (Å²) in [4.78, 5) is 24.5. The number of rotatable bonds is 12. The van der Waals surface area contributed by atoms with Crippen LogP contribution in [0.5, 0.6) is 0 Å². The molecule has 2 saturated carbocycles. The molecule has 1 aromatic heterocycles. The summed E-state index contributed by atoms with van der Waals surface area (Å²) in [5.74, 6) is 0.993. The Morgan fingerprint density at radius 2 is 1.89 bits per heavy atom. The number of aryl methyl sites for hydroxylation is 2. The number of nitrogens with one attached hydrogen (secondary N) is 1. The van der Waals surface area contributed by atoms with E-state index < -0.39 is 5.97 Å². The number of carboxylic acids is 1. The van der Waals surface area contributed by atoms with Crippen molar-refractivity contribution in [3.8, 4) is 0 Å². The van der Waals surface area contributed by atoms with Gasteiger partial charge in [0.2, 0.25) is 5.91 Å². The third kappa shape index (κ3) is 6.47. The van der Waals surface area contributed by atoms with Gasteiger partial charge < -0.3 is 14.9 Å². The Kier molecular flexibility index (Phi) is 8.18. The van der Waals surface area contributed by atoms with Crippen molar-refractivity contribution < 1.29 is 19.2 Å². The molecule has 7 heteroatoms. The van der Waals surface area contributed by atoms with Crippen molar-refractivity contribution in [1.82, 2.24) is 5.16 Å². The Labute approximate surface area is 228 Å². The average molecular weight is 535 g/mol. The second-order valence-corrected chi connectivity index (χ2v) is 11.5. The van der Waals surface area contributed by atoms with Crippen LogP contribution in [0, 0.1) is 12.8 Å². The molecular formula is C31H35ClN2O4. The molecule has 0 unspecified atom stereocenters. The van der Waals surface area contributed by atoms with E-state index in [1.165, 1.54) is 12.0 Å². The topological polar surface area (TPSA) is 92.4 Å². The van der Waals surface area contributed by atoms with Crippen LogP contribution in [0.4, 0.5) is 5.69 Å². The maximum atomic E-state index is 13.0. The molecule has 0 bridgehead atoms. The minimum atomic E-state index is -0.881. The van der Waals surface area contributed by atoms with E-state index in [1.54, 1.807) is 12.1 Å². The Morgan fingerprint density at radius 1 is 1.13 bits per heavy atom. The summed E-state index contributed by atoms with van der Waals surface area (Å²) < 4.78 is 5.98. The molecule has 0 radical (unpaired) electrons. The number of nitrogens with zero attached hydrogens (tertiary/aromatic N) is 1. The first-order valence-corrected chi connectivity index (χ1v) is 14.1. The second kappa shape index (κ2) is 11.7. The number of aliphatic carboxylic acids is 1. The number of carboxylic acid groups (broad SMARTS) is 1. The lowest BCUT2D eigenvalue weighted by atomic mass is 9.70. The highest BCUT2D eigenvalue weighted by Crippen LogP contribution is 2.52. The van der Waals surface area contributed by atoms with E-state index in [9.17, 15) is 14.7 Å². The van der Waals surface area contributed by atoms with E-state index in [4.69, 9.17) is 16.1 Å². The van der Waals surface area contributed by atoms with Gasteiger partial charge in [-0.05, 0) is 87.0 Å². The Bertz CT molecular complexity index is 1280. The summed E-state index contributed by atoms with van der Waals surface area (Å²) in [5, 5.41) is 17.2. The van der Waals surface area contributed by atoms with Crippen molar-refractivity contribution in [1.29, 1.82) is 0 Å². The van der Waals surface area contributed by atoms with Crippen LogP contribution >= 0.6 is 11.6 Å². The molecule has 2 aliphatic rings.